The zero-order valence-corrected chi connectivity index (χ0v) is 16.0. The first-order valence-corrected chi connectivity index (χ1v) is 8.75. The third-order valence-corrected chi connectivity index (χ3v) is 4.35. The second-order valence-electron chi connectivity index (χ2n) is 7.43. The van der Waals surface area contributed by atoms with E-state index >= 15 is 0 Å². The quantitative estimate of drug-likeness (QED) is 0.872. The van der Waals surface area contributed by atoms with Crippen molar-refractivity contribution in [3.63, 3.8) is 0 Å². The average Bonchev–Trinajstić information content (AvgIpc) is 3.23. The number of rotatable bonds is 5. The lowest BCUT2D eigenvalue weighted by Crippen LogP contribution is -2.37. The molecule has 0 atom stereocenters. The van der Waals surface area contributed by atoms with Crippen molar-refractivity contribution in [2.45, 2.75) is 26.2 Å². The van der Waals surface area contributed by atoms with Crippen LogP contribution in [0.2, 0.25) is 0 Å². The van der Waals surface area contributed by atoms with Gasteiger partial charge < -0.3 is 14.2 Å². The zero-order valence-electron chi connectivity index (χ0n) is 16.0. The molecule has 2 aromatic rings. The number of ether oxygens (including phenoxy) is 1. The molecule has 144 valence electrons. The molecule has 3 amide bonds. The van der Waals surface area contributed by atoms with Gasteiger partial charge in [-0.15, -0.1) is 0 Å². The van der Waals surface area contributed by atoms with E-state index in [4.69, 9.17) is 9.26 Å². The van der Waals surface area contributed by atoms with Crippen LogP contribution in [0.4, 0.5) is 16.4 Å². The van der Waals surface area contributed by atoms with Crippen molar-refractivity contribution >= 4 is 23.5 Å². The highest BCUT2D eigenvalue weighted by atomic mass is 16.5. The lowest BCUT2D eigenvalue weighted by molar-refractivity contribution is -0.116. The fraction of sp³-hybridized carbons (Fsp3) is 0.421. The first kappa shape index (κ1) is 18.8. The first-order chi connectivity index (χ1) is 12.8. The molecule has 1 N–H and O–H groups in total. The van der Waals surface area contributed by atoms with Crippen LogP contribution in [0.25, 0.3) is 0 Å². The molecule has 8 nitrogen and oxygen atoms in total. The second-order valence-corrected chi connectivity index (χ2v) is 7.43. The van der Waals surface area contributed by atoms with Gasteiger partial charge in [-0.2, -0.15) is 0 Å². The van der Waals surface area contributed by atoms with Crippen LogP contribution in [0.1, 0.15) is 26.5 Å². The van der Waals surface area contributed by atoms with Gasteiger partial charge in [-0.1, -0.05) is 25.9 Å². The summed E-state index contributed by atoms with van der Waals surface area (Å²) in [4.78, 5) is 28.0. The van der Waals surface area contributed by atoms with Gasteiger partial charge in [0.05, 0.1) is 12.8 Å². The van der Waals surface area contributed by atoms with Gasteiger partial charge in [0, 0.05) is 30.3 Å². The Morgan fingerprint density at radius 1 is 1.26 bits per heavy atom. The minimum absolute atomic E-state index is 0.0446. The Kier molecular flexibility index (Phi) is 5.07. The fourth-order valence-electron chi connectivity index (χ4n) is 2.77. The van der Waals surface area contributed by atoms with Crippen LogP contribution in [0.5, 0.6) is 5.75 Å². The largest absolute Gasteiger partial charge is 0.497 e. The Hall–Kier alpha value is -3.03. The monoisotopic (exact) mass is 372 g/mol. The van der Waals surface area contributed by atoms with E-state index in [1.54, 1.807) is 30.2 Å². The summed E-state index contributed by atoms with van der Waals surface area (Å²) >= 11 is 0. The van der Waals surface area contributed by atoms with E-state index < -0.39 is 0 Å². The number of benzene rings is 1. The summed E-state index contributed by atoms with van der Waals surface area (Å²) in [7, 11) is 1.59. The van der Waals surface area contributed by atoms with Gasteiger partial charge in [0.15, 0.2) is 0 Å². The van der Waals surface area contributed by atoms with E-state index in [0.717, 1.165) is 17.1 Å². The van der Waals surface area contributed by atoms with Crippen LogP contribution in [-0.2, 0) is 10.2 Å². The molecule has 1 aromatic carbocycles. The van der Waals surface area contributed by atoms with Gasteiger partial charge in [0.25, 0.3) is 0 Å². The van der Waals surface area contributed by atoms with E-state index in [2.05, 4.69) is 10.5 Å². The number of hydrogen-bond acceptors (Lipinski definition) is 5. The smallest absolute Gasteiger partial charge is 0.325 e. The van der Waals surface area contributed by atoms with E-state index in [1.807, 2.05) is 32.9 Å². The molecular weight excluding hydrogens is 348 g/mol. The predicted molar refractivity (Wildman–Crippen MR) is 101 cm³/mol. The van der Waals surface area contributed by atoms with Gasteiger partial charge >= 0.3 is 6.03 Å². The van der Waals surface area contributed by atoms with E-state index in [1.165, 1.54) is 4.90 Å². The number of carbonyl (C=O) groups excluding carboxylic acids is 2. The molecular formula is C19H24N4O4. The molecule has 1 fully saturated rings. The van der Waals surface area contributed by atoms with Crippen molar-refractivity contribution in [2.75, 3.05) is 37.0 Å². The van der Waals surface area contributed by atoms with Gasteiger partial charge in [-0.25, -0.2) is 4.79 Å². The van der Waals surface area contributed by atoms with Gasteiger partial charge in [0.1, 0.15) is 12.3 Å². The summed E-state index contributed by atoms with van der Waals surface area (Å²) in [5.41, 5.74) is 1.35. The standard InChI is InChI=1S/C19H24N4O4/c1-19(2,3)15-11-17(27-21-15)20-16(24)12-22-9-10-23(18(22)25)13-5-7-14(26-4)8-6-13/h5-8,11H,9-10,12H2,1-4H3,(H,20,24). The fourth-order valence-corrected chi connectivity index (χ4v) is 2.77. The number of aromatic nitrogens is 1. The summed E-state index contributed by atoms with van der Waals surface area (Å²) < 4.78 is 10.3. The molecule has 0 spiro atoms. The average molecular weight is 372 g/mol. The third-order valence-electron chi connectivity index (χ3n) is 4.35. The van der Waals surface area contributed by atoms with Crippen LogP contribution >= 0.6 is 0 Å². The molecule has 0 bridgehead atoms. The van der Waals surface area contributed by atoms with Crippen molar-refractivity contribution in [3.8, 4) is 5.75 Å². The molecule has 3 rings (SSSR count). The number of hydrogen-bond donors (Lipinski definition) is 1. The first-order valence-electron chi connectivity index (χ1n) is 8.75. The molecule has 2 heterocycles. The number of urea groups is 1. The van der Waals surface area contributed by atoms with Gasteiger partial charge in [-0.3, -0.25) is 15.0 Å². The summed E-state index contributed by atoms with van der Waals surface area (Å²) in [5.74, 6) is 0.684. The normalized spacial score (nSPS) is 14.6. The topological polar surface area (TPSA) is 87.9 Å². The molecule has 8 heteroatoms. The summed E-state index contributed by atoms with van der Waals surface area (Å²) in [6.07, 6.45) is 0. The molecule has 0 aliphatic carbocycles. The molecule has 1 aliphatic heterocycles. The summed E-state index contributed by atoms with van der Waals surface area (Å²) in [6.45, 7) is 6.97. The Bertz CT molecular complexity index is 823. The number of nitrogens with zero attached hydrogens (tertiary/aromatic N) is 3. The van der Waals surface area contributed by atoms with Crippen molar-refractivity contribution in [2.24, 2.45) is 0 Å². The second kappa shape index (κ2) is 7.30. The minimum Gasteiger partial charge on any atom is -0.497 e. The lowest BCUT2D eigenvalue weighted by Gasteiger charge is -2.18. The summed E-state index contributed by atoms with van der Waals surface area (Å²) in [6, 6.07) is 8.74. The molecule has 27 heavy (non-hydrogen) atoms. The SMILES string of the molecule is COc1ccc(N2CCN(CC(=O)Nc3cc(C(C)(C)C)no3)C2=O)cc1. The van der Waals surface area contributed by atoms with E-state index in [9.17, 15) is 9.59 Å². The molecule has 0 radical (unpaired) electrons. The van der Waals surface area contributed by atoms with Crippen molar-refractivity contribution in [1.29, 1.82) is 0 Å². The minimum atomic E-state index is -0.323. The maximum Gasteiger partial charge on any atom is 0.325 e. The number of nitrogens with one attached hydrogen (secondary N) is 1. The molecule has 1 aliphatic rings. The van der Waals surface area contributed by atoms with Crippen molar-refractivity contribution < 1.29 is 18.8 Å². The Morgan fingerprint density at radius 3 is 2.56 bits per heavy atom. The number of anilines is 2. The van der Waals surface area contributed by atoms with Crippen LogP contribution in [-0.4, -0.2) is 48.7 Å². The van der Waals surface area contributed by atoms with Crippen LogP contribution in [0, 0.1) is 0 Å². The van der Waals surface area contributed by atoms with Gasteiger partial charge in [0.2, 0.25) is 11.8 Å². The third kappa shape index (κ3) is 4.21. The number of carbonyl (C=O) groups is 2. The van der Waals surface area contributed by atoms with E-state index in [-0.39, 0.29) is 29.8 Å². The van der Waals surface area contributed by atoms with Crippen LogP contribution in [0.15, 0.2) is 34.9 Å². The predicted octanol–water partition coefficient (Wildman–Crippen LogP) is 2.86. The van der Waals surface area contributed by atoms with Crippen LogP contribution in [0.3, 0.4) is 0 Å². The highest BCUT2D eigenvalue weighted by Crippen LogP contribution is 2.25. The van der Waals surface area contributed by atoms with Gasteiger partial charge in [-0.05, 0) is 24.3 Å². The highest BCUT2D eigenvalue weighted by molar-refractivity contribution is 5.99. The molecule has 0 unspecified atom stereocenters. The molecule has 1 aromatic heterocycles. The number of amides is 3. The highest BCUT2D eigenvalue weighted by Gasteiger charge is 2.31. The van der Waals surface area contributed by atoms with Crippen molar-refractivity contribution in [3.05, 3.63) is 36.0 Å². The summed E-state index contributed by atoms with van der Waals surface area (Å²) in [5, 5.41) is 6.62. The Balaban J connectivity index is 1.58. The Morgan fingerprint density at radius 2 is 1.96 bits per heavy atom. The zero-order chi connectivity index (χ0) is 19.6. The maximum atomic E-state index is 12.6. The Labute approximate surface area is 158 Å². The molecule has 1 saturated heterocycles. The van der Waals surface area contributed by atoms with Crippen LogP contribution < -0.4 is 15.0 Å². The lowest BCUT2D eigenvalue weighted by atomic mass is 9.92. The van der Waals surface area contributed by atoms with Crippen molar-refractivity contribution in [1.82, 2.24) is 10.1 Å². The molecule has 0 saturated carbocycles. The number of methoxy groups -OCH3 is 1. The van der Waals surface area contributed by atoms with E-state index in [0.29, 0.717) is 13.1 Å². The maximum absolute atomic E-state index is 12.6.